The molecule has 1 atom stereocenters. The highest BCUT2D eigenvalue weighted by atomic mass is 79.9. The lowest BCUT2D eigenvalue weighted by Gasteiger charge is -2.20. The van der Waals surface area contributed by atoms with Crippen molar-refractivity contribution in [1.29, 1.82) is 0 Å². The zero-order chi connectivity index (χ0) is 13.7. The van der Waals surface area contributed by atoms with Crippen molar-refractivity contribution in [2.45, 2.75) is 19.9 Å². The van der Waals surface area contributed by atoms with E-state index in [2.05, 4.69) is 15.9 Å². The predicted molar refractivity (Wildman–Crippen MR) is 72.0 cm³/mol. The number of carbonyl (C=O) groups excluding carboxylic acids is 1. The van der Waals surface area contributed by atoms with Crippen molar-refractivity contribution in [2.24, 2.45) is 5.92 Å². The van der Waals surface area contributed by atoms with Crippen molar-refractivity contribution in [3.63, 3.8) is 0 Å². The minimum absolute atomic E-state index is 0.304. The Morgan fingerprint density at radius 2 is 1.89 bits per heavy atom. The number of amides is 1. The molecule has 1 amide bonds. The van der Waals surface area contributed by atoms with Gasteiger partial charge in [0.05, 0.1) is 0 Å². The summed E-state index contributed by atoms with van der Waals surface area (Å²) in [5, 5.41) is 8.94. The van der Waals surface area contributed by atoms with Gasteiger partial charge in [0, 0.05) is 18.1 Å². The van der Waals surface area contributed by atoms with Crippen LogP contribution in [0.3, 0.4) is 0 Å². The van der Waals surface area contributed by atoms with Crippen LogP contribution < -0.4 is 0 Å². The summed E-state index contributed by atoms with van der Waals surface area (Å²) in [5.41, 5.74) is 0.967. The largest absolute Gasteiger partial charge is 0.481 e. The van der Waals surface area contributed by atoms with Gasteiger partial charge in [0.1, 0.15) is 5.92 Å². The van der Waals surface area contributed by atoms with Crippen molar-refractivity contribution in [3.05, 3.63) is 34.3 Å². The molecule has 0 spiro atoms. The molecule has 1 unspecified atom stereocenters. The minimum atomic E-state index is -1.06. The number of benzene rings is 1. The lowest BCUT2D eigenvalue weighted by molar-refractivity contribution is -0.150. The Balaban J connectivity index is 2.70. The molecular formula is C13H16BrNO3. The third-order valence-corrected chi connectivity index (χ3v) is 3.24. The Labute approximate surface area is 115 Å². The van der Waals surface area contributed by atoms with Crippen molar-refractivity contribution in [2.75, 3.05) is 7.05 Å². The van der Waals surface area contributed by atoms with Gasteiger partial charge in [-0.2, -0.15) is 0 Å². The molecule has 0 aliphatic carbocycles. The van der Waals surface area contributed by atoms with Crippen molar-refractivity contribution in [1.82, 2.24) is 4.90 Å². The number of carboxylic acid groups (broad SMARTS) is 1. The molecule has 1 aromatic carbocycles. The summed E-state index contributed by atoms with van der Waals surface area (Å²) in [6.07, 6.45) is 0.304. The van der Waals surface area contributed by atoms with Crippen LogP contribution in [0.5, 0.6) is 0 Å². The summed E-state index contributed by atoms with van der Waals surface area (Å²) in [4.78, 5) is 24.3. The van der Waals surface area contributed by atoms with Gasteiger partial charge < -0.3 is 10.0 Å². The Kier molecular flexibility index (Phi) is 5.34. The molecule has 4 nitrogen and oxygen atoms in total. The third kappa shape index (κ3) is 3.84. The average molecular weight is 314 g/mol. The fraction of sp³-hybridized carbons (Fsp3) is 0.385. The Hall–Kier alpha value is -1.36. The van der Waals surface area contributed by atoms with E-state index in [1.165, 1.54) is 4.90 Å². The molecule has 1 rings (SSSR count). The number of aliphatic carboxylic acids is 1. The summed E-state index contributed by atoms with van der Waals surface area (Å²) in [6, 6.07) is 7.58. The van der Waals surface area contributed by atoms with E-state index in [4.69, 9.17) is 5.11 Å². The quantitative estimate of drug-likeness (QED) is 0.850. The fourth-order valence-electron chi connectivity index (χ4n) is 1.66. The molecule has 98 valence electrons. The summed E-state index contributed by atoms with van der Waals surface area (Å²) >= 11 is 3.34. The van der Waals surface area contributed by atoms with Gasteiger partial charge in [-0.1, -0.05) is 35.0 Å². The molecule has 0 aliphatic rings. The monoisotopic (exact) mass is 313 g/mol. The van der Waals surface area contributed by atoms with Crippen LogP contribution in [0.1, 0.15) is 18.9 Å². The van der Waals surface area contributed by atoms with E-state index < -0.39 is 11.9 Å². The molecule has 0 aliphatic heterocycles. The average Bonchev–Trinajstić information content (AvgIpc) is 2.32. The van der Waals surface area contributed by atoms with Gasteiger partial charge in [0.25, 0.3) is 0 Å². The molecule has 0 saturated carbocycles. The first-order valence-electron chi connectivity index (χ1n) is 5.68. The molecule has 1 aromatic rings. The lowest BCUT2D eigenvalue weighted by atomic mass is 10.1. The van der Waals surface area contributed by atoms with E-state index in [1.807, 2.05) is 24.3 Å². The van der Waals surface area contributed by atoms with Gasteiger partial charge in [0.2, 0.25) is 5.91 Å². The van der Waals surface area contributed by atoms with Crippen molar-refractivity contribution >= 4 is 27.8 Å². The highest BCUT2D eigenvalue weighted by molar-refractivity contribution is 9.10. The zero-order valence-corrected chi connectivity index (χ0v) is 12.0. The molecule has 18 heavy (non-hydrogen) atoms. The first kappa shape index (κ1) is 14.7. The SMILES string of the molecule is CCC(C(=O)O)C(=O)N(C)Cc1ccc(Br)cc1. The fourth-order valence-corrected chi connectivity index (χ4v) is 1.93. The first-order chi connectivity index (χ1) is 8.45. The number of hydrogen-bond acceptors (Lipinski definition) is 2. The number of rotatable bonds is 5. The van der Waals surface area contributed by atoms with E-state index in [-0.39, 0.29) is 5.91 Å². The van der Waals surface area contributed by atoms with Crippen LogP contribution in [0.4, 0.5) is 0 Å². The highest BCUT2D eigenvalue weighted by Gasteiger charge is 2.26. The lowest BCUT2D eigenvalue weighted by Crippen LogP contribution is -2.36. The summed E-state index contributed by atoms with van der Waals surface area (Å²) < 4.78 is 0.970. The summed E-state index contributed by atoms with van der Waals surface area (Å²) in [5.74, 6) is -2.37. The van der Waals surface area contributed by atoms with Crippen LogP contribution in [-0.4, -0.2) is 28.9 Å². The maximum atomic E-state index is 11.9. The Morgan fingerprint density at radius 3 is 2.33 bits per heavy atom. The topological polar surface area (TPSA) is 57.6 Å². The molecule has 0 saturated heterocycles. The van der Waals surface area contributed by atoms with Gasteiger partial charge in [-0.3, -0.25) is 9.59 Å². The zero-order valence-electron chi connectivity index (χ0n) is 10.4. The molecule has 5 heteroatoms. The van der Waals surface area contributed by atoms with Crippen LogP contribution in [0.25, 0.3) is 0 Å². The maximum absolute atomic E-state index is 11.9. The first-order valence-corrected chi connectivity index (χ1v) is 6.47. The second-order valence-corrected chi connectivity index (χ2v) is 5.04. The Bertz CT molecular complexity index is 430. The molecule has 0 bridgehead atoms. The second kappa shape index (κ2) is 6.54. The number of nitrogens with zero attached hydrogens (tertiary/aromatic N) is 1. The van der Waals surface area contributed by atoms with Gasteiger partial charge in [-0.05, 0) is 24.1 Å². The standard InChI is InChI=1S/C13H16BrNO3/c1-3-11(13(17)18)12(16)15(2)8-9-4-6-10(14)7-5-9/h4-7,11H,3,8H2,1-2H3,(H,17,18). The van der Waals surface area contributed by atoms with Crippen molar-refractivity contribution in [3.8, 4) is 0 Å². The number of halogens is 1. The van der Waals surface area contributed by atoms with E-state index in [0.717, 1.165) is 10.0 Å². The molecule has 1 N–H and O–H groups in total. The van der Waals surface area contributed by atoms with Crippen molar-refractivity contribution < 1.29 is 14.7 Å². The van der Waals surface area contributed by atoms with Gasteiger partial charge >= 0.3 is 5.97 Å². The van der Waals surface area contributed by atoms with Crippen LogP contribution in [0, 0.1) is 5.92 Å². The predicted octanol–water partition coefficient (Wildman–Crippen LogP) is 2.52. The van der Waals surface area contributed by atoms with E-state index >= 15 is 0 Å². The molecule has 0 aromatic heterocycles. The number of carbonyl (C=O) groups is 2. The normalized spacial score (nSPS) is 11.9. The smallest absolute Gasteiger partial charge is 0.316 e. The van der Waals surface area contributed by atoms with Crippen LogP contribution >= 0.6 is 15.9 Å². The van der Waals surface area contributed by atoms with E-state index in [9.17, 15) is 9.59 Å². The van der Waals surface area contributed by atoms with Crippen LogP contribution in [0.2, 0.25) is 0 Å². The summed E-state index contributed by atoms with van der Waals surface area (Å²) in [7, 11) is 1.62. The number of hydrogen-bond donors (Lipinski definition) is 1. The van der Waals surface area contributed by atoms with E-state index in [0.29, 0.717) is 13.0 Å². The van der Waals surface area contributed by atoms with Gasteiger partial charge in [-0.25, -0.2) is 0 Å². The second-order valence-electron chi connectivity index (χ2n) is 4.12. The van der Waals surface area contributed by atoms with Gasteiger partial charge in [-0.15, -0.1) is 0 Å². The maximum Gasteiger partial charge on any atom is 0.316 e. The Morgan fingerprint density at radius 1 is 1.33 bits per heavy atom. The molecule has 0 fully saturated rings. The summed E-state index contributed by atoms with van der Waals surface area (Å²) in [6.45, 7) is 2.11. The molecular weight excluding hydrogens is 298 g/mol. The highest BCUT2D eigenvalue weighted by Crippen LogP contribution is 2.14. The van der Waals surface area contributed by atoms with E-state index in [1.54, 1.807) is 14.0 Å². The molecule has 0 radical (unpaired) electrons. The molecule has 0 heterocycles. The van der Waals surface area contributed by atoms with Crippen LogP contribution in [0.15, 0.2) is 28.7 Å². The van der Waals surface area contributed by atoms with Gasteiger partial charge in [0.15, 0.2) is 0 Å². The third-order valence-electron chi connectivity index (χ3n) is 2.71. The number of carboxylic acids is 1. The van der Waals surface area contributed by atoms with Crippen LogP contribution in [-0.2, 0) is 16.1 Å². The minimum Gasteiger partial charge on any atom is -0.481 e.